The first-order valence-corrected chi connectivity index (χ1v) is 8.94. The number of phenolic OH excluding ortho intramolecular Hbond substituents is 1. The molecule has 0 radical (unpaired) electrons. The molecule has 0 heterocycles. The fourth-order valence-electron chi connectivity index (χ4n) is 1.69. The second-order valence-electron chi connectivity index (χ2n) is 4.47. The maximum Gasteiger partial charge on any atom is 0.339 e. The highest BCUT2D eigenvalue weighted by molar-refractivity contribution is 7.87. The second kappa shape index (κ2) is 6.11. The molecule has 0 aliphatic carbocycles. The molecule has 128 valence electrons. The Balaban J connectivity index is 2.38. The van der Waals surface area contributed by atoms with Gasteiger partial charge in [-0.05, 0) is 36.4 Å². The van der Waals surface area contributed by atoms with Gasteiger partial charge in [0, 0.05) is 6.07 Å². The van der Waals surface area contributed by atoms with Crippen LogP contribution in [0.1, 0.15) is 10.4 Å². The van der Waals surface area contributed by atoms with Crippen LogP contribution in [0.5, 0.6) is 11.5 Å². The zero-order valence-corrected chi connectivity index (χ0v) is 13.3. The molecule has 2 rings (SSSR count). The summed E-state index contributed by atoms with van der Waals surface area (Å²) >= 11 is 0. The molecule has 0 bridgehead atoms. The van der Waals surface area contributed by atoms with Gasteiger partial charge in [0.1, 0.15) is 21.3 Å². The quantitative estimate of drug-likeness (QED) is 0.515. The van der Waals surface area contributed by atoms with E-state index in [9.17, 15) is 26.7 Å². The summed E-state index contributed by atoms with van der Waals surface area (Å²) in [4.78, 5) is 9.44. The molecule has 0 aliphatic heterocycles. The molecular formula is C13H10O9S2. The fraction of sp³-hybridized carbons (Fsp3) is 0. The predicted molar refractivity (Wildman–Crippen MR) is 79.1 cm³/mol. The van der Waals surface area contributed by atoms with Crippen molar-refractivity contribution in [3.05, 3.63) is 48.0 Å². The third kappa shape index (κ3) is 3.82. The number of benzene rings is 2. The van der Waals surface area contributed by atoms with Crippen molar-refractivity contribution in [3.63, 3.8) is 0 Å². The highest BCUT2D eigenvalue weighted by atomic mass is 32.2. The highest BCUT2D eigenvalue weighted by Crippen LogP contribution is 2.28. The summed E-state index contributed by atoms with van der Waals surface area (Å²) in [7, 11) is -9.16. The molecule has 0 aliphatic rings. The monoisotopic (exact) mass is 374 g/mol. The fourth-order valence-corrected chi connectivity index (χ4v) is 3.21. The van der Waals surface area contributed by atoms with Crippen LogP contribution >= 0.6 is 0 Å². The molecule has 0 amide bonds. The summed E-state index contributed by atoms with van der Waals surface area (Å²) in [6.45, 7) is 0. The van der Waals surface area contributed by atoms with E-state index in [2.05, 4.69) is 0 Å². The summed E-state index contributed by atoms with van der Waals surface area (Å²) < 4.78 is 60.0. The zero-order valence-electron chi connectivity index (χ0n) is 11.6. The molecular weight excluding hydrogens is 364 g/mol. The van der Waals surface area contributed by atoms with E-state index < -0.39 is 42.6 Å². The summed E-state index contributed by atoms with van der Waals surface area (Å²) in [5.41, 5.74) is -0.132. The average Bonchev–Trinajstić information content (AvgIpc) is 2.48. The summed E-state index contributed by atoms with van der Waals surface area (Å²) in [5, 5.41) is 18.1. The number of rotatable bonds is 5. The number of hydrogen-bond donors (Lipinski definition) is 3. The Bertz CT molecular complexity index is 990. The predicted octanol–water partition coefficient (Wildman–Crippen LogP) is 1.10. The number of carboxylic acid groups (broad SMARTS) is 1. The van der Waals surface area contributed by atoms with Gasteiger partial charge in [-0.3, -0.25) is 4.55 Å². The average molecular weight is 374 g/mol. The van der Waals surface area contributed by atoms with Crippen LogP contribution in [-0.2, 0) is 20.2 Å². The maximum atomic E-state index is 12.1. The molecule has 0 saturated carbocycles. The van der Waals surface area contributed by atoms with E-state index >= 15 is 0 Å². The highest BCUT2D eigenvalue weighted by Gasteiger charge is 2.21. The van der Waals surface area contributed by atoms with Crippen molar-refractivity contribution in [2.24, 2.45) is 0 Å². The molecule has 0 saturated heterocycles. The topological polar surface area (TPSA) is 155 Å². The number of carboxylic acids is 1. The standard InChI is InChI=1S/C13H10O9S2/c14-11-6-3-9(7-12(11)23(17,18)19)22-24(20,21)10-4-1-8(2-5-10)13(15)16/h1-7,14H,(H,15,16)(H,17,18,19). The van der Waals surface area contributed by atoms with Crippen molar-refractivity contribution >= 4 is 26.2 Å². The summed E-state index contributed by atoms with van der Waals surface area (Å²) in [6, 6.07) is 6.56. The van der Waals surface area contributed by atoms with E-state index in [1.54, 1.807) is 0 Å². The van der Waals surface area contributed by atoms with Crippen LogP contribution in [-0.4, -0.2) is 37.6 Å². The minimum absolute atomic E-state index is 0.132. The first-order valence-electron chi connectivity index (χ1n) is 6.09. The van der Waals surface area contributed by atoms with E-state index in [-0.39, 0.29) is 10.5 Å². The lowest BCUT2D eigenvalue weighted by Crippen LogP contribution is -2.10. The van der Waals surface area contributed by atoms with Crippen molar-refractivity contribution in [2.45, 2.75) is 9.79 Å². The van der Waals surface area contributed by atoms with Crippen molar-refractivity contribution in [1.29, 1.82) is 0 Å². The van der Waals surface area contributed by atoms with Gasteiger partial charge in [-0.25, -0.2) is 4.79 Å². The third-order valence-corrected chi connectivity index (χ3v) is 4.95. The van der Waals surface area contributed by atoms with E-state index in [0.29, 0.717) is 6.07 Å². The van der Waals surface area contributed by atoms with E-state index in [4.69, 9.17) is 13.8 Å². The van der Waals surface area contributed by atoms with Gasteiger partial charge in [-0.1, -0.05) is 0 Å². The Labute approximate surface area is 136 Å². The molecule has 2 aromatic carbocycles. The SMILES string of the molecule is O=C(O)c1ccc(S(=O)(=O)Oc2ccc(O)c(S(=O)(=O)O)c2)cc1. The molecule has 3 N–H and O–H groups in total. The Kier molecular flexibility index (Phi) is 4.51. The van der Waals surface area contributed by atoms with Crippen LogP contribution in [0.3, 0.4) is 0 Å². The Hall–Kier alpha value is -2.63. The lowest BCUT2D eigenvalue weighted by atomic mass is 10.2. The van der Waals surface area contributed by atoms with Crippen molar-refractivity contribution in [3.8, 4) is 11.5 Å². The largest absolute Gasteiger partial charge is 0.506 e. The van der Waals surface area contributed by atoms with Crippen molar-refractivity contribution < 1.29 is 40.6 Å². The van der Waals surface area contributed by atoms with Gasteiger partial charge in [-0.2, -0.15) is 16.8 Å². The molecule has 2 aromatic rings. The Morgan fingerprint density at radius 3 is 2.04 bits per heavy atom. The zero-order chi connectivity index (χ0) is 18.1. The molecule has 0 atom stereocenters. The number of carbonyl (C=O) groups is 1. The smallest absolute Gasteiger partial charge is 0.339 e. The minimum Gasteiger partial charge on any atom is -0.506 e. The van der Waals surface area contributed by atoms with Gasteiger partial charge in [-0.15, -0.1) is 0 Å². The molecule has 24 heavy (non-hydrogen) atoms. The van der Waals surface area contributed by atoms with Gasteiger partial charge >= 0.3 is 16.1 Å². The van der Waals surface area contributed by atoms with Crippen LogP contribution in [0, 0.1) is 0 Å². The summed E-state index contributed by atoms with van der Waals surface area (Å²) in [6.07, 6.45) is 0. The first kappa shape index (κ1) is 17.7. The molecule has 11 heteroatoms. The van der Waals surface area contributed by atoms with Crippen molar-refractivity contribution in [2.75, 3.05) is 0 Å². The van der Waals surface area contributed by atoms with Crippen LogP contribution in [0.15, 0.2) is 52.3 Å². The number of aromatic carboxylic acids is 1. The van der Waals surface area contributed by atoms with Gasteiger partial charge in [0.2, 0.25) is 0 Å². The number of hydrogen-bond acceptors (Lipinski definition) is 7. The molecule has 0 aromatic heterocycles. The maximum absolute atomic E-state index is 12.1. The van der Waals surface area contributed by atoms with Crippen LogP contribution in [0.2, 0.25) is 0 Å². The van der Waals surface area contributed by atoms with E-state index in [0.717, 1.165) is 36.4 Å². The van der Waals surface area contributed by atoms with Gasteiger partial charge in [0.15, 0.2) is 0 Å². The van der Waals surface area contributed by atoms with Crippen molar-refractivity contribution in [1.82, 2.24) is 0 Å². The molecule has 0 fully saturated rings. The van der Waals surface area contributed by atoms with Crippen LogP contribution in [0.4, 0.5) is 0 Å². The minimum atomic E-state index is -4.78. The second-order valence-corrected chi connectivity index (χ2v) is 7.41. The van der Waals surface area contributed by atoms with E-state index in [1.807, 2.05) is 0 Å². The number of phenols is 1. The van der Waals surface area contributed by atoms with Gasteiger partial charge < -0.3 is 14.4 Å². The number of aromatic hydroxyl groups is 1. The Morgan fingerprint density at radius 1 is 0.958 bits per heavy atom. The lowest BCUT2D eigenvalue weighted by molar-refractivity contribution is 0.0696. The third-order valence-electron chi connectivity index (χ3n) is 2.81. The van der Waals surface area contributed by atoms with Crippen LogP contribution < -0.4 is 4.18 Å². The molecule has 0 unspecified atom stereocenters. The lowest BCUT2D eigenvalue weighted by Gasteiger charge is -2.09. The van der Waals surface area contributed by atoms with E-state index in [1.165, 1.54) is 0 Å². The molecule has 9 nitrogen and oxygen atoms in total. The van der Waals surface area contributed by atoms with Gasteiger partial charge in [0.05, 0.1) is 5.56 Å². The Morgan fingerprint density at radius 2 is 1.54 bits per heavy atom. The first-order chi connectivity index (χ1) is 11.0. The normalized spacial score (nSPS) is 11.9. The molecule has 0 spiro atoms. The van der Waals surface area contributed by atoms with Crippen LogP contribution in [0.25, 0.3) is 0 Å². The van der Waals surface area contributed by atoms with Gasteiger partial charge in [0.25, 0.3) is 10.1 Å². The summed E-state index contributed by atoms with van der Waals surface area (Å²) in [5.74, 6) is -2.49.